The molecule has 2 aromatic heterocycles. The molecule has 1 amide bonds. The largest absolute Gasteiger partial charge is 0.354 e. The molecule has 4 rings (SSSR count). The van der Waals surface area contributed by atoms with Crippen molar-refractivity contribution in [1.29, 1.82) is 0 Å². The van der Waals surface area contributed by atoms with Crippen LogP contribution in [-0.4, -0.2) is 38.9 Å². The van der Waals surface area contributed by atoms with Gasteiger partial charge in [-0.25, -0.2) is 19.3 Å². The zero-order valence-electron chi connectivity index (χ0n) is 13.4. The molecule has 2 N–H and O–H groups in total. The normalized spacial score (nSPS) is 17.6. The molecular formula is C17H17FN6O. The van der Waals surface area contributed by atoms with E-state index >= 15 is 0 Å². The van der Waals surface area contributed by atoms with Gasteiger partial charge in [-0.1, -0.05) is 12.1 Å². The van der Waals surface area contributed by atoms with Crippen molar-refractivity contribution >= 4 is 28.6 Å². The van der Waals surface area contributed by atoms with Crippen molar-refractivity contribution in [3.8, 4) is 0 Å². The van der Waals surface area contributed by atoms with Gasteiger partial charge in [-0.15, -0.1) is 0 Å². The van der Waals surface area contributed by atoms with E-state index in [1.54, 1.807) is 24.5 Å². The molecule has 1 aromatic carbocycles. The van der Waals surface area contributed by atoms with Crippen LogP contribution in [0.1, 0.15) is 12.8 Å². The predicted molar refractivity (Wildman–Crippen MR) is 91.7 cm³/mol. The lowest BCUT2D eigenvalue weighted by molar-refractivity contribution is -0.120. The Kier molecular flexibility index (Phi) is 4.01. The number of para-hydroxylation sites is 1. The van der Waals surface area contributed by atoms with Gasteiger partial charge in [0.25, 0.3) is 0 Å². The molecule has 0 spiro atoms. The minimum Gasteiger partial charge on any atom is -0.354 e. The number of H-pyrrole nitrogens is 1. The molecule has 0 radical (unpaired) electrons. The highest BCUT2D eigenvalue weighted by Crippen LogP contribution is 2.26. The molecule has 3 heterocycles. The number of fused-ring (bicyclic) bond motifs is 1. The number of hydrogen-bond donors (Lipinski definition) is 2. The molecule has 1 fully saturated rings. The summed E-state index contributed by atoms with van der Waals surface area (Å²) in [6.45, 7) is 1.32. The number of nitrogens with zero attached hydrogens (tertiary/aromatic N) is 4. The van der Waals surface area contributed by atoms with E-state index in [1.807, 2.05) is 0 Å². The average molecular weight is 340 g/mol. The van der Waals surface area contributed by atoms with Gasteiger partial charge in [0.2, 0.25) is 5.91 Å². The lowest BCUT2D eigenvalue weighted by Gasteiger charge is -2.32. The molecule has 0 bridgehead atoms. The smallest absolute Gasteiger partial charge is 0.229 e. The van der Waals surface area contributed by atoms with Gasteiger partial charge in [0.15, 0.2) is 11.5 Å². The minimum atomic E-state index is -0.432. The molecule has 1 saturated heterocycles. The zero-order valence-corrected chi connectivity index (χ0v) is 13.4. The monoisotopic (exact) mass is 340 g/mol. The van der Waals surface area contributed by atoms with Gasteiger partial charge >= 0.3 is 0 Å². The number of nitrogens with one attached hydrogen (secondary N) is 2. The van der Waals surface area contributed by atoms with Crippen molar-refractivity contribution in [2.75, 3.05) is 23.3 Å². The maximum absolute atomic E-state index is 13.7. The Hall–Kier alpha value is -3.03. The molecule has 0 aliphatic carbocycles. The van der Waals surface area contributed by atoms with Crippen LogP contribution in [0.15, 0.2) is 36.9 Å². The van der Waals surface area contributed by atoms with E-state index in [2.05, 4.69) is 30.2 Å². The summed E-state index contributed by atoms with van der Waals surface area (Å²) in [4.78, 5) is 30.3. The second-order valence-corrected chi connectivity index (χ2v) is 6.05. The number of carbonyl (C=O) groups excluding carboxylic acids is 1. The Balaban J connectivity index is 1.52. The van der Waals surface area contributed by atoms with Crippen molar-refractivity contribution in [3.63, 3.8) is 0 Å². The fourth-order valence-electron chi connectivity index (χ4n) is 3.17. The number of aromatic nitrogens is 4. The SMILES string of the molecule is O=C(Nc1ccccc1F)[C@@H]1CCCN(c2ncnc3nc[nH]c23)C1. The van der Waals surface area contributed by atoms with Crippen LogP contribution in [0, 0.1) is 11.7 Å². The van der Waals surface area contributed by atoms with Crippen molar-refractivity contribution in [2.24, 2.45) is 5.92 Å². The molecule has 1 atom stereocenters. The summed E-state index contributed by atoms with van der Waals surface area (Å²) in [5.74, 6) is -0.102. The Morgan fingerprint density at radius 1 is 1.28 bits per heavy atom. The first kappa shape index (κ1) is 15.5. The van der Waals surface area contributed by atoms with E-state index in [-0.39, 0.29) is 17.5 Å². The summed E-state index contributed by atoms with van der Waals surface area (Å²) in [7, 11) is 0. The summed E-state index contributed by atoms with van der Waals surface area (Å²) >= 11 is 0. The van der Waals surface area contributed by atoms with E-state index in [9.17, 15) is 9.18 Å². The van der Waals surface area contributed by atoms with E-state index in [0.29, 0.717) is 12.2 Å². The predicted octanol–water partition coefficient (Wildman–Crippen LogP) is 2.35. The number of anilines is 2. The van der Waals surface area contributed by atoms with Crippen molar-refractivity contribution in [1.82, 2.24) is 19.9 Å². The van der Waals surface area contributed by atoms with Gasteiger partial charge < -0.3 is 15.2 Å². The molecule has 7 nitrogen and oxygen atoms in total. The first-order valence-corrected chi connectivity index (χ1v) is 8.17. The van der Waals surface area contributed by atoms with Crippen LogP contribution in [0.3, 0.4) is 0 Å². The van der Waals surface area contributed by atoms with Crippen molar-refractivity contribution < 1.29 is 9.18 Å². The number of piperidine rings is 1. The fraction of sp³-hybridized carbons (Fsp3) is 0.294. The third-order valence-corrected chi connectivity index (χ3v) is 4.43. The van der Waals surface area contributed by atoms with Gasteiger partial charge in [-0.3, -0.25) is 4.79 Å². The van der Waals surface area contributed by atoms with Gasteiger partial charge in [0.05, 0.1) is 17.9 Å². The van der Waals surface area contributed by atoms with E-state index in [0.717, 1.165) is 30.7 Å². The Morgan fingerprint density at radius 2 is 2.16 bits per heavy atom. The summed E-state index contributed by atoms with van der Waals surface area (Å²) in [6.07, 6.45) is 4.67. The molecule has 8 heteroatoms. The summed E-state index contributed by atoms with van der Waals surface area (Å²) in [5, 5.41) is 2.69. The number of benzene rings is 1. The fourth-order valence-corrected chi connectivity index (χ4v) is 3.17. The second-order valence-electron chi connectivity index (χ2n) is 6.05. The average Bonchev–Trinajstić information content (AvgIpc) is 3.12. The van der Waals surface area contributed by atoms with E-state index in [1.165, 1.54) is 12.4 Å². The van der Waals surface area contributed by atoms with Gasteiger partial charge in [-0.2, -0.15) is 0 Å². The Labute approximate surface area is 143 Å². The summed E-state index contributed by atoms with van der Waals surface area (Å²) < 4.78 is 13.7. The molecule has 0 unspecified atom stereocenters. The highest BCUT2D eigenvalue weighted by Gasteiger charge is 2.28. The topological polar surface area (TPSA) is 86.8 Å². The number of hydrogen-bond acceptors (Lipinski definition) is 5. The Bertz CT molecular complexity index is 911. The van der Waals surface area contributed by atoms with Crippen LogP contribution in [0.5, 0.6) is 0 Å². The third kappa shape index (κ3) is 3.02. The summed E-state index contributed by atoms with van der Waals surface area (Å²) in [6, 6.07) is 6.19. The lowest BCUT2D eigenvalue weighted by atomic mass is 9.97. The lowest BCUT2D eigenvalue weighted by Crippen LogP contribution is -2.41. The number of carbonyl (C=O) groups is 1. The molecule has 128 valence electrons. The first-order valence-electron chi connectivity index (χ1n) is 8.17. The molecule has 0 saturated carbocycles. The number of halogens is 1. The van der Waals surface area contributed by atoms with Crippen LogP contribution >= 0.6 is 0 Å². The van der Waals surface area contributed by atoms with Crippen LogP contribution in [0.2, 0.25) is 0 Å². The molecule has 25 heavy (non-hydrogen) atoms. The second kappa shape index (κ2) is 6.46. The number of imidazole rings is 1. The molecular weight excluding hydrogens is 323 g/mol. The quantitative estimate of drug-likeness (QED) is 0.764. The molecule has 3 aromatic rings. The van der Waals surface area contributed by atoms with E-state index < -0.39 is 5.82 Å². The standard InChI is InChI=1S/C17H17FN6O/c18-12-5-1-2-6-13(12)23-17(25)11-4-3-7-24(8-11)16-14-15(20-9-19-14)21-10-22-16/h1-2,5-6,9-11H,3-4,7-8H2,(H,23,25)(H,19,20,21,22)/t11-/m1/s1. The van der Waals surface area contributed by atoms with Gasteiger partial charge in [0, 0.05) is 13.1 Å². The van der Waals surface area contributed by atoms with E-state index in [4.69, 9.17) is 0 Å². The van der Waals surface area contributed by atoms with Gasteiger partial charge in [0.1, 0.15) is 17.7 Å². The molecule has 1 aliphatic rings. The number of aromatic amines is 1. The maximum Gasteiger partial charge on any atom is 0.229 e. The minimum absolute atomic E-state index is 0.176. The van der Waals surface area contributed by atoms with Gasteiger partial charge in [-0.05, 0) is 25.0 Å². The summed E-state index contributed by atoms with van der Waals surface area (Å²) in [5.41, 5.74) is 1.57. The van der Waals surface area contributed by atoms with Crippen molar-refractivity contribution in [3.05, 3.63) is 42.7 Å². The highest BCUT2D eigenvalue weighted by atomic mass is 19.1. The molecule has 1 aliphatic heterocycles. The number of rotatable bonds is 3. The zero-order chi connectivity index (χ0) is 17.2. The highest BCUT2D eigenvalue weighted by molar-refractivity contribution is 5.93. The third-order valence-electron chi connectivity index (χ3n) is 4.43. The van der Waals surface area contributed by atoms with Crippen LogP contribution < -0.4 is 10.2 Å². The Morgan fingerprint density at radius 3 is 3.04 bits per heavy atom. The first-order chi connectivity index (χ1) is 12.2. The maximum atomic E-state index is 13.7. The van der Waals surface area contributed by atoms with Crippen molar-refractivity contribution in [2.45, 2.75) is 12.8 Å². The number of amides is 1. The van der Waals surface area contributed by atoms with Crippen LogP contribution in [0.4, 0.5) is 15.9 Å². The van der Waals surface area contributed by atoms with Crippen LogP contribution in [0.25, 0.3) is 11.2 Å². The van der Waals surface area contributed by atoms with Crippen LogP contribution in [-0.2, 0) is 4.79 Å².